The molecule has 0 aliphatic heterocycles. The molecule has 0 nitrogen and oxygen atoms in total. The summed E-state index contributed by atoms with van der Waals surface area (Å²) in [6, 6.07) is 51.1. The van der Waals surface area contributed by atoms with Crippen LogP contribution in [0, 0.1) is 78.9 Å². The number of rotatable bonds is 11. The van der Waals surface area contributed by atoms with Crippen LogP contribution in [0.4, 0.5) is 0 Å². The van der Waals surface area contributed by atoms with Gasteiger partial charge in [-0.05, 0) is 205 Å². The average molecular weight is 1260 g/mol. The maximum atomic E-state index is 3.95. The van der Waals surface area contributed by atoms with Crippen LogP contribution < -0.4 is 0 Å². The Morgan fingerprint density at radius 2 is 0.495 bits per heavy atom. The number of benzene rings is 5. The van der Waals surface area contributed by atoms with Crippen molar-refractivity contribution in [2.24, 2.45) is 65.1 Å². The van der Waals surface area contributed by atoms with Crippen molar-refractivity contribution >= 4 is 35.3 Å². The van der Waals surface area contributed by atoms with Gasteiger partial charge in [0.05, 0.1) is 0 Å². The first-order chi connectivity index (χ1) is 43.5. The van der Waals surface area contributed by atoms with Crippen molar-refractivity contribution in [1.29, 1.82) is 0 Å². The fourth-order valence-electron chi connectivity index (χ4n) is 20.8. The normalized spacial score (nSPS) is 35.5. The van der Waals surface area contributed by atoms with Crippen LogP contribution in [0.1, 0.15) is 129 Å². The molecule has 0 radical (unpaired) electrons. The third kappa shape index (κ3) is 9.98. The van der Waals surface area contributed by atoms with Gasteiger partial charge in [-0.15, -0.1) is 35.3 Å². The molecule has 12 rings (SSSR count). The van der Waals surface area contributed by atoms with Crippen molar-refractivity contribution < 1.29 is 0 Å². The summed E-state index contributed by atoms with van der Waals surface area (Å²) in [5.74, 6) is 7.21. The van der Waals surface area contributed by atoms with E-state index in [0.29, 0.717) is 59.2 Å². The molecule has 5 aromatic carbocycles. The van der Waals surface area contributed by atoms with E-state index in [9.17, 15) is 0 Å². The number of hydrogen-bond acceptors (Lipinski definition) is 3. The lowest BCUT2D eigenvalue weighted by atomic mass is 9.30. The van der Waals surface area contributed by atoms with Gasteiger partial charge < -0.3 is 0 Å². The maximum Gasteiger partial charge on any atom is 0.0263 e. The molecule has 0 bridgehead atoms. The van der Waals surface area contributed by atoms with Gasteiger partial charge in [0, 0.05) is 47.7 Å². The van der Waals surface area contributed by atoms with E-state index in [2.05, 4.69) is 258 Å². The van der Waals surface area contributed by atoms with E-state index in [1.165, 1.54) is 25.8 Å². The Kier molecular flexibility index (Phi) is 18.8. The van der Waals surface area contributed by atoms with E-state index in [4.69, 9.17) is 0 Å². The summed E-state index contributed by atoms with van der Waals surface area (Å²) < 4.78 is 0. The van der Waals surface area contributed by atoms with Gasteiger partial charge in [-0.25, -0.2) is 0 Å². The van der Waals surface area contributed by atoms with Crippen LogP contribution in [0.25, 0.3) is 0 Å². The third-order valence-electron chi connectivity index (χ3n) is 25.1. The second-order valence-electron chi connectivity index (χ2n) is 28.5. The molecule has 0 N–H and O–H groups in total. The van der Waals surface area contributed by atoms with Crippen LogP contribution in [0.2, 0.25) is 0 Å². The molecule has 6 unspecified atom stereocenters. The molecule has 16 atom stereocenters. The molecule has 3 heteroatoms. The highest BCUT2D eigenvalue weighted by molar-refractivity contribution is 7.99. The van der Waals surface area contributed by atoms with Crippen LogP contribution in [0.15, 0.2) is 280 Å². The van der Waals surface area contributed by atoms with Gasteiger partial charge in [0.2, 0.25) is 0 Å². The molecule has 0 amide bonds. The quantitative estimate of drug-likeness (QED) is 0.121. The van der Waals surface area contributed by atoms with E-state index in [-0.39, 0.29) is 33.0 Å². The number of thioether (sulfide) groups is 3. The first-order valence-electron chi connectivity index (χ1n) is 34.2. The molecule has 0 aromatic heterocycles. The Labute approximate surface area is 563 Å². The second kappa shape index (κ2) is 25.7. The van der Waals surface area contributed by atoms with E-state index in [1.54, 1.807) is 39.0 Å². The van der Waals surface area contributed by atoms with Gasteiger partial charge in [-0.3, -0.25) is 0 Å². The molecule has 5 aromatic rings. The molecule has 472 valence electrons. The van der Waals surface area contributed by atoms with E-state index < -0.39 is 0 Å². The van der Waals surface area contributed by atoms with E-state index in [0.717, 1.165) is 45.1 Å². The maximum absolute atomic E-state index is 3.95. The van der Waals surface area contributed by atoms with Crippen molar-refractivity contribution in [2.75, 3.05) is 17.3 Å². The number of hydrogen-bond donors (Lipinski definition) is 0. The Balaban J connectivity index is 0.000000365. The van der Waals surface area contributed by atoms with Gasteiger partial charge in [-0.2, -0.15) is 0 Å². The molecule has 0 heterocycles. The zero-order chi connectivity index (χ0) is 65.3. The topological polar surface area (TPSA) is 0 Å². The lowest BCUT2D eigenvalue weighted by molar-refractivity contribution is -0.0728. The monoisotopic (exact) mass is 1250 g/mol. The molecular weight excluding hydrogens is 1150 g/mol. The highest BCUT2D eigenvalue weighted by atomic mass is 32.2. The van der Waals surface area contributed by atoms with E-state index in [1.807, 2.05) is 107 Å². The summed E-state index contributed by atoms with van der Waals surface area (Å²) in [6.07, 6.45) is 19.1. The summed E-state index contributed by atoms with van der Waals surface area (Å²) in [6.45, 7) is 58.7. The molecule has 0 spiro atoms. The predicted octanol–water partition coefficient (Wildman–Crippen LogP) is 23.8. The number of allylic oxidation sites excluding steroid dienone is 19. The first-order valence-corrected chi connectivity index (χ1v) is 37.2. The summed E-state index contributed by atoms with van der Waals surface area (Å²) in [5.41, 5.74) is 21.2. The predicted molar refractivity (Wildman–Crippen MR) is 400 cm³/mol. The zero-order valence-corrected chi connectivity index (χ0v) is 60.0. The fraction of sp³-hybridized carbons (Fsp3) is 0.386. The zero-order valence-electron chi connectivity index (χ0n) is 57.6. The molecule has 3 fully saturated rings. The number of aryl methyl sites for hydroxylation is 2. The van der Waals surface area contributed by atoms with Crippen molar-refractivity contribution in [1.82, 2.24) is 0 Å². The highest BCUT2D eigenvalue weighted by Gasteiger charge is 2.82. The Morgan fingerprint density at radius 3 is 0.747 bits per heavy atom. The van der Waals surface area contributed by atoms with Crippen LogP contribution in [-0.2, 0) is 27.1 Å². The standard InChI is InChI=1S/C68H82S3.C20H20/c1-16-69-56-33-27-53(28-34-56)66-45(10)41(6)64(51-23-19-39(4)20-24-51)43(8)47(12)67(54-29-35-57(36-30-54)70-17-2)49(14)50(15)68(55-31-37-58(38-32-55)71-18-3)48(13)44(9)65(42(7)46(66)11,52-25-21-40(5)22-26-52)60-61(66)59(64)62(67)63(60)68;1-16-6-8-17(2)10-12-19(4)14-15-20(5)13-11-18(3)9-7-16/h19-38,41-50,59H,16-18H2,1-15H3;6-15H,1-5H2/b;8-6-,9-7-,12-10-,13-11-,15-14?/t41-,42+,43+,44-,45+,46-,47-,48+,49+,50-,59?,64?,65?,66?,67?,68?;/m0./s1. The van der Waals surface area contributed by atoms with Crippen molar-refractivity contribution in [2.45, 2.75) is 146 Å². The Bertz CT molecular complexity index is 3690. The Hall–Kier alpha value is -5.97. The minimum Gasteiger partial charge on any atom is -0.126 e. The van der Waals surface area contributed by atoms with Crippen molar-refractivity contribution in [3.63, 3.8) is 0 Å². The van der Waals surface area contributed by atoms with Crippen LogP contribution in [0.5, 0.6) is 0 Å². The summed E-state index contributed by atoms with van der Waals surface area (Å²) in [5, 5.41) is 0. The van der Waals surface area contributed by atoms with Gasteiger partial charge in [0.1, 0.15) is 0 Å². The third-order valence-corrected chi connectivity index (χ3v) is 27.8. The molecule has 0 saturated heterocycles. The molecule has 91 heavy (non-hydrogen) atoms. The lowest BCUT2D eigenvalue weighted by Gasteiger charge is -2.72. The molecule has 7 aliphatic rings. The van der Waals surface area contributed by atoms with Gasteiger partial charge in [-0.1, -0.05) is 280 Å². The van der Waals surface area contributed by atoms with E-state index >= 15 is 0 Å². The summed E-state index contributed by atoms with van der Waals surface area (Å²) >= 11 is 5.96. The van der Waals surface area contributed by atoms with Crippen LogP contribution >= 0.6 is 35.3 Å². The van der Waals surface area contributed by atoms with Crippen molar-refractivity contribution in [3.8, 4) is 0 Å². The molecule has 7 aliphatic carbocycles. The van der Waals surface area contributed by atoms with Crippen LogP contribution in [-0.4, -0.2) is 17.3 Å². The minimum atomic E-state index is -0.210. The fourth-order valence-corrected chi connectivity index (χ4v) is 22.8. The highest BCUT2D eigenvalue weighted by Crippen LogP contribution is 2.86. The van der Waals surface area contributed by atoms with Gasteiger partial charge >= 0.3 is 0 Å². The van der Waals surface area contributed by atoms with Gasteiger partial charge in [0.25, 0.3) is 0 Å². The Morgan fingerprint density at radius 1 is 0.286 bits per heavy atom. The van der Waals surface area contributed by atoms with Crippen molar-refractivity contribution in [3.05, 3.63) is 304 Å². The average Bonchev–Trinajstić information content (AvgIpc) is 1.47. The minimum absolute atomic E-state index is 0.142. The second-order valence-corrected chi connectivity index (χ2v) is 32.5. The lowest BCUT2D eigenvalue weighted by Crippen LogP contribution is -2.70. The first kappa shape index (κ1) is 66.5. The largest absolute Gasteiger partial charge is 0.126 e. The summed E-state index contributed by atoms with van der Waals surface area (Å²) in [7, 11) is 0. The SMILES string of the molecule is C=C1C=CC(=C)/C=C\C(=C)/C=C\C(=C)/C=C\C(=C)/C=C\1.CCSc1ccc(C23C4=C5C6C7=C4C(c4ccc(C)cc4)([C@H](C)[C@H](C)C7(c4ccc(SCC)cc4)[C@H](C)[C@H](C)C6(c4ccc(C)cc4)[C@H](C)[C@H](C)C5(c4ccc(SCC)cc4)[C@H](C)[C@@H]2C)[C@@H](C)[C@H]3C)cc1. The summed E-state index contributed by atoms with van der Waals surface area (Å²) in [4.78, 5) is 4.17. The molecular formula is C88H102S3. The molecule has 3 saturated carbocycles. The smallest absolute Gasteiger partial charge is 0.0263 e. The van der Waals surface area contributed by atoms with Crippen LogP contribution in [0.3, 0.4) is 0 Å². The van der Waals surface area contributed by atoms with Gasteiger partial charge in [0.15, 0.2) is 0 Å².